The fourth-order valence-electron chi connectivity index (χ4n) is 4.61. The summed E-state index contributed by atoms with van der Waals surface area (Å²) < 4.78 is 10.8. The first kappa shape index (κ1) is 20.6. The van der Waals surface area contributed by atoms with Gasteiger partial charge in [0.2, 0.25) is 0 Å². The van der Waals surface area contributed by atoms with Crippen LogP contribution in [0.25, 0.3) is 11.0 Å². The first-order chi connectivity index (χ1) is 14.5. The number of aryl methyl sites for hydroxylation is 2. The van der Waals surface area contributed by atoms with Crippen LogP contribution in [0.4, 0.5) is 0 Å². The molecule has 2 heterocycles. The van der Waals surface area contributed by atoms with E-state index in [0.29, 0.717) is 11.6 Å². The van der Waals surface area contributed by atoms with Gasteiger partial charge in [-0.3, -0.25) is 0 Å². The molecule has 158 valence electrons. The quantitative estimate of drug-likeness (QED) is 0.587. The Kier molecular flexibility index (Phi) is 6.21. The summed E-state index contributed by atoms with van der Waals surface area (Å²) in [6.07, 6.45) is 2.59. The lowest BCUT2D eigenvalue weighted by Crippen LogP contribution is -3.13. The Balaban J connectivity index is 1.54. The molecule has 0 radical (unpaired) electrons. The molecule has 1 aliphatic rings. The number of rotatable bonds is 7. The predicted molar refractivity (Wildman–Crippen MR) is 118 cm³/mol. The van der Waals surface area contributed by atoms with Gasteiger partial charge in [0.25, 0.3) is 0 Å². The predicted octanol–water partition coefficient (Wildman–Crippen LogP) is 1.90. The number of likely N-dealkylation sites (tertiary alicyclic amines) is 1. The summed E-state index contributed by atoms with van der Waals surface area (Å²) >= 11 is 0. The van der Waals surface area contributed by atoms with E-state index in [1.807, 2.05) is 13.0 Å². The van der Waals surface area contributed by atoms with E-state index in [2.05, 4.69) is 42.6 Å². The largest absolute Gasteiger partial charge is 0.497 e. The molecular weight excluding hydrogens is 376 g/mol. The summed E-state index contributed by atoms with van der Waals surface area (Å²) in [4.78, 5) is 13.7. The number of nitrogens with two attached hydrogens (primary N) is 1. The number of ether oxygens (including phenoxy) is 1. The van der Waals surface area contributed by atoms with Crippen LogP contribution in [-0.2, 0) is 6.54 Å². The fraction of sp³-hybridized carbons (Fsp3) is 0.400. The van der Waals surface area contributed by atoms with E-state index >= 15 is 0 Å². The van der Waals surface area contributed by atoms with E-state index in [4.69, 9.17) is 9.15 Å². The molecule has 3 N–H and O–H groups in total. The average Bonchev–Trinajstić information content (AvgIpc) is 3.27. The molecule has 0 bridgehead atoms. The maximum atomic E-state index is 12.1. The second kappa shape index (κ2) is 9.02. The second-order valence-electron chi connectivity index (χ2n) is 8.44. The molecule has 3 aromatic rings. The van der Waals surface area contributed by atoms with E-state index < -0.39 is 0 Å². The van der Waals surface area contributed by atoms with Crippen molar-refractivity contribution >= 4 is 11.0 Å². The van der Waals surface area contributed by atoms with Crippen LogP contribution >= 0.6 is 0 Å². The van der Waals surface area contributed by atoms with Crippen LogP contribution in [0.5, 0.6) is 5.75 Å². The minimum Gasteiger partial charge on any atom is -0.497 e. The maximum Gasteiger partial charge on any atom is 0.336 e. The first-order valence-corrected chi connectivity index (χ1v) is 10.9. The topological polar surface area (TPSA) is 60.5 Å². The third kappa shape index (κ3) is 4.42. The smallest absolute Gasteiger partial charge is 0.336 e. The van der Waals surface area contributed by atoms with Crippen LogP contribution < -0.4 is 20.6 Å². The highest BCUT2D eigenvalue weighted by Crippen LogP contribution is 2.21. The minimum atomic E-state index is -0.272. The average molecular weight is 409 g/mol. The van der Waals surface area contributed by atoms with Crippen molar-refractivity contribution in [3.8, 4) is 5.75 Å². The van der Waals surface area contributed by atoms with E-state index in [-0.39, 0.29) is 5.63 Å². The van der Waals surface area contributed by atoms with Gasteiger partial charge in [-0.25, -0.2) is 4.79 Å². The Morgan fingerprint density at radius 2 is 1.77 bits per heavy atom. The van der Waals surface area contributed by atoms with Gasteiger partial charge in [-0.2, -0.15) is 0 Å². The van der Waals surface area contributed by atoms with Crippen LogP contribution in [-0.4, -0.2) is 26.7 Å². The van der Waals surface area contributed by atoms with Crippen molar-refractivity contribution in [3.05, 3.63) is 75.1 Å². The lowest BCUT2D eigenvalue weighted by molar-refractivity contribution is -0.935. The summed E-state index contributed by atoms with van der Waals surface area (Å²) in [7, 11) is 1.70. The van der Waals surface area contributed by atoms with Gasteiger partial charge in [0, 0.05) is 35.4 Å². The molecule has 1 fully saturated rings. The third-order valence-corrected chi connectivity index (χ3v) is 6.47. The van der Waals surface area contributed by atoms with Crippen molar-refractivity contribution in [1.82, 2.24) is 0 Å². The van der Waals surface area contributed by atoms with Crippen molar-refractivity contribution in [1.29, 1.82) is 0 Å². The van der Waals surface area contributed by atoms with E-state index in [1.54, 1.807) is 18.1 Å². The molecule has 4 rings (SSSR count). The molecule has 0 aliphatic carbocycles. The van der Waals surface area contributed by atoms with Crippen molar-refractivity contribution in [3.63, 3.8) is 0 Å². The van der Waals surface area contributed by atoms with Crippen LogP contribution in [0.2, 0.25) is 0 Å². The Labute approximate surface area is 177 Å². The molecule has 1 atom stereocenters. The number of fused-ring (bicyclic) bond motifs is 1. The first-order valence-electron chi connectivity index (χ1n) is 10.9. The van der Waals surface area contributed by atoms with E-state index in [1.165, 1.54) is 37.1 Å². The molecule has 1 aromatic heterocycles. The van der Waals surface area contributed by atoms with Crippen molar-refractivity contribution < 1.29 is 19.4 Å². The van der Waals surface area contributed by atoms with E-state index in [9.17, 15) is 4.79 Å². The summed E-state index contributed by atoms with van der Waals surface area (Å²) in [6, 6.07) is 14.7. The summed E-state index contributed by atoms with van der Waals surface area (Å²) in [5.41, 5.74) is 5.18. The fourth-order valence-corrected chi connectivity index (χ4v) is 4.61. The van der Waals surface area contributed by atoms with Gasteiger partial charge < -0.3 is 19.4 Å². The normalized spacial score (nSPS) is 15.6. The van der Waals surface area contributed by atoms with Gasteiger partial charge in [-0.1, -0.05) is 0 Å². The molecule has 2 aromatic carbocycles. The lowest BCUT2D eigenvalue weighted by atomic mass is 10.0. The zero-order valence-electron chi connectivity index (χ0n) is 18.2. The Morgan fingerprint density at radius 1 is 1.07 bits per heavy atom. The van der Waals surface area contributed by atoms with Gasteiger partial charge in [0.05, 0.1) is 20.2 Å². The molecule has 5 heteroatoms. The minimum absolute atomic E-state index is 0.272. The van der Waals surface area contributed by atoms with Crippen molar-refractivity contribution in [2.75, 3.05) is 26.7 Å². The van der Waals surface area contributed by atoms with Crippen LogP contribution in [0.15, 0.2) is 51.7 Å². The third-order valence-electron chi connectivity index (χ3n) is 6.47. The molecular formula is C25H32N2O3+2. The Morgan fingerprint density at radius 3 is 2.47 bits per heavy atom. The molecule has 0 unspecified atom stereocenters. The standard InChI is InChI=1S/C25H30N2O3/c1-17-12-22-20(14-25(28)30-24(22)13-18(17)2)15-26-16-23(27-10-4-5-11-27)19-6-8-21(29-3)9-7-19/h6-9,12-14,23,26H,4-5,10-11,15-16H2,1-3H3/p+2/t23-/m0/s1. The number of methoxy groups -OCH3 is 1. The van der Waals surface area contributed by atoms with Crippen LogP contribution in [0.1, 0.15) is 41.1 Å². The number of hydrogen-bond donors (Lipinski definition) is 2. The molecule has 1 saturated heterocycles. The van der Waals surface area contributed by atoms with Crippen LogP contribution in [0, 0.1) is 13.8 Å². The van der Waals surface area contributed by atoms with E-state index in [0.717, 1.165) is 35.4 Å². The van der Waals surface area contributed by atoms with Gasteiger partial charge in [0.15, 0.2) is 6.04 Å². The highest BCUT2D eigenvalue weighted by Gasteiger charge is 2.29. The number of nitrogens with one attached hydrogen (secondary N) is 1. The Hall–Kier alpha value is -2.63. The lowest BCUT2D eigenvalue weighted by Gasteiger charge is -2.24. The zero-order chi connectivity index (χ0) is 21.1. The summed E-state index contributed by atoms with van der Waals surface area (Å²) in [5, 5.41) is 3.38. The van der Waals surface area contributed by atoms with Crippen LogP contribution in [0.3, 0.4) is 0 Å². The number of hydrogen-bond acceptors (Lipinski definition) is 3. The molecule has 30 heavy (non-hydrogen) atoms. The van der Waals surface area contributed by atoms with Crippen molar-refractivity contribution in [2.45, 2.75) is 39.3 Å². The van der Waals surface area contributed by atoms with Gasteiger partial charge >= 0.3 is 5.63 Å². The zero-order valence-corrected chi connectivity index (χ0v) is 18.2. The molecule has 1 aliphatic heterocycles. The molecule has 0 amide bonds. The summed E-state index contributed by atoms with van der Waals surface area (Å²) in [6.45, 7) is 8.34. The molecule has 0 spiro atoms. The van der Waals surface area contributed by atoms with Gasteiger partial charge in [-0.15, -0.1) is 0 Å². The molecule has 0 saturated carbocycles. The highest BCUT2D eigenvalue weighted by molar-refractivity contribution is 5.81. The second-order valence-corrected chi connectivity index (χ2v) is 8.44. The SMILES string of the molecule is COc1ccc([C@H](C[NH2+]Cc2cc(=O)oc3cc(C)c(C)cc23)[NH+]2CCCC2)cc1. The number of quaternary nitrogens is 2. The Bertz CT molecular complexity index is 1070. The monoisotopic (exact) mass is 408 g/mol. The number of benzene rings is 2. The highest BCUT2D eigenvalue weighted by atomic mass is 16.5. The summed E-state index contributed by atoms with van der Waals surface area (Å²) in [5.74, 6) is 0.894. The van der Waals surface area contributed by atoms with Gasteiger partial charge in [0.1, 0.15) is 24.4 Å². The van der Waals surface area contributed by atoms with Crippen molar-refractivity contribution in [2.24, 2.45) is 0 Å². The molecule has 5 nitrogen and oxygen atoms in total. The van der Waals surface area contributed by atoms with Gasteiger partial charge in [-0.05, 0) is 61.4 Å². The maximum absolute atomic E-state index is 12.1.